The summed E-state index contributed by atoms with van der Waals surface area (Å²) in [6, 6.07) is 7.30. The minimum absolute atomic E-state index is 0. The van der Waals surface area contributed by atoms with E-state index in [4.69, 9.17) is 11.6 Å². The highest BCUT2D eigenvalue weighted by Crippen LogP contribution is 2.31. The molecule has 0 radical (unpaired) electrons. The Morgan fingerprint density at radius 2 is 2.04 bits per heavy atom. The Bertz CT molecular complexity index is 892. The van der Waals surface area contributed by atoms with Crippen molar-refractivity contribution >= 4 is 56.6 Å². The van der Waals surface area contributed by atoms with Gasteiger partial charge in [0.15, 0.2) is 5.13 Å². The van der Waals surface area contributed by atoms with Gasteiger partial charge in [0.05, 0.1) is 10.2 Å². The summed E-state index contributed by atoms with van der Waals surface area (Å²) in [6.07, 6.45) is 2.48. The number of aryl methyl sites for hydroxylation is 1. The highest BCUT2D eigenvalue weighted by Gasteiger charge is 2.23. The Morgan fingerprint density at radius 3 is 2.69 bits per heavy atom. The average Bonchev–Trinajstić information content (AvgIpc) is 3.16. The molecular weight excluding hydrogens is 393 g/mol. The van der Waals surface area contributed by atoms with Gasteiger partial charge in [0, 0.05) is 24.8 Å². The molecule has 0 aliphatic carbocycles. The molecule has 0 fully saturated rings. The third kappa shape index (κ3) is 4.54. The zero-order valence-electron chi connectivity index (χ0n) is 14.8. The topological polar surface area (TPSA) is 54.3 Å². The van der Waals surface area contributed by atoms with Crippen LogP contribution in [0.3, 0.4) is 0 Å². The molecule has 0 bridgehead atoms. The standard InChI is InChI=1S/C17H20ClN5OS.ClH/c1-21(2)9-4-10-23(16(24)14-7-8-19-22(14)3)17-20-13-6-5-12(18)11-15(13)25-17;/h5-8,11H,4,9-10H2,1-3H3;1H. The van der Waals surface area contributed by atoms with Crippen molar-refractivity contribution in [3.05, 3.63) is 41.2 Å². The van der Waals surface area contributed by atoms with Gasteiger partial charge in [0.1, 0.15) is 5.69 Å². The van der Waals surface area contributed by atoms with Crippen LogP contribution in [0, 0.1) is 0 Å². The lowest BCUT2D eigenvalue weighted by Crippen LogP contribution is -2.34. The first kappa shape index (κ1) is 20.6. The van der Waals surface area contributed by atoms with Gasteiger partial charge in [-0.2, -0.15) is 5.10 Å². The third-order valence-corrected chi connectivity index (χ3v) is 5.12. The van der Waals surface area contributed by atoms with Gasteiger partial charge in [-0.3, -0.25) is 14.4 Å². The van der Waals surface area contributed by atoms with Crippen LogP contribution in [-0.2, 0) is 7.05 Å². The number of hydrogen-bond acceptors (Lipinski definition) is 5. The van der Waals surface area contributed by atoms with Crippen LogP contribution in [0.5, 0.6) is 0 Å². The van der Waals surface area contributed by atoms with Crippen molar-refractivity contribution in [3.8, 4) is 0 Å². The Balaban J connectivity index is 0.00000243. The number of hydrogen-bond donors (Lipinski definition) is 0. The number of nitrogens with zero attached hydrogens (tertiary/aromatic N) is 5. The molecule has 9 heteroatoms. The minimum Gasteiger partial charge on any atom is -0.309 e. The number of thiazole rings is 1. The fourth-order valence-corrected chi connectivity index (χ4v) is 3.82. The van der Waals surface area contributed by atoms with Crippen molar-refractivity contribution in [1.29, 1.82) is 0 Å². The maximum atomic E-state index is 13.0. The maximum Gasteiger partial charge on any atom is 0.278 e. The van der Waals surface area contributed by atoms with Crippen molar-refractivity contribution in [3.63, 3.8) is 0 Å². The lowest BCUT2D eigenvalue weighted by atomic mass is 10.3. The smallest absolute Gasteiger partial charge is 0.278 e. The number of carbonyl (C=O) groups is 1. The fraction of sp³-hybridized carbons (Fsp3) is 0.353. The van der Waals surface area contributed by atoms with Gasteiger partial charge >= 0.3 is 0 Å². The molecule has 140 valence electrons. The fourth-order valence-electron chi connectivity index (χ4n) is 2.55. The minimum atomic E-state index is -0.0936. The van der Waals surface area contributed by atoms with Crippen molar-refractivity contribution < 1.29 is 4.79 Å². The van der Waals surface area contributed by atoms with E-state index < -0.39 is 0 Å². The SMILES string of the molecule is CN(C)CCCN(C(=O)c1ccnn1C)c1nc2ccc(Cl)cc2s1.Cl. The molecule has 2 aromatic heterocycles. The second-order valence-corrected chi connectivity index (χ2v) is 7.51. The summed E-state index contributed by atoms with van der Waals surface area (Å²) in [6.45, 7) is 1.49. The first-order chi connectivity index (χ1) is 12.0. The van der Waals surface area contributed by atoms with Gasteiger partial charge in [-0.05, 0) is 51.3 Å². The monoisotopic (exact) mass is 413 g/mol. The van der Waals surface area contributed by atoms with E-state index in [1.807, 2.05) is 32.3 Å². The predicted octanol–water partition coefficient (Wildman–Crippen LogP) is 3.70. The molecule has 1 aromatic carbocycles. The second-order valence-electron chi connectivity index (χ2n) is 6.06. The highest BCUT2D eigenvalue weighted by atomic mass is 35.5. The van der Waals surface area contributed by atoms with Gasteiger partial charge in [-0.25, -0.2) is 4.98 Å². The van der Waals surface area contributed by atoms with E-state index in [-0.39, 0.29) is 18.3 Å². The Kier molecular flexibility index (Phi) is 7.00. The number of anilines is 1. The van der Waals surface area contributed by atoms with Crippen LogP contribution in [0.25, 0.3) is 10.2 Å². The number of carbonyl (C=O) groups excluding carboxylic acids is 1. The molecule has 0 unspecified atom stereocenters. The summed E-state index contributed by atoms with van der Waals surface area (Å²) in [5.41, 5.74) is 1.39. The van der Waals surface area contributed by atoms with Gasteiger partial charge in [-0.15, -0.1) is 12.4 Å². The van der Waals surface area contributed by atoms with E-state index in [0.29, 0.717) is 22.4 Å². The highest BCUT2D eigenvalue weighted by molar-refractivity contribution is 7.22. The Hall–Kier alpha value is -1.67. The number of rotatable bonds is 6. The van der Waals surface area contributed by atoms with E-state index in [1.54, 1.807) is 28.9 Å². The number of aromatic nitrogens is 3. The molecule has 0 aliphatic rings. The first-order valence-electron chi connectivity index (χ1n) is 7.96. The summed E-state index contributed by atoms with van der Waals surface area (Å²) >= 11 is 7.55. The molecule has 2 heterocycles. The molecule has 0 spiro atoms. The molecule has 0 saturated heterocycles. The molecule has 0 aliphatic heterocycles. The molecule has 6 nitrogen and oxygen atoms in total. The molecule has 3 rings (SSSR count). The lowest BCUT2D eigenvalue weighted by Gasteiger charge is -2.20. The van der Waals surface area contributed by atoms with Gasteiger partial charge in [-0.1, -0.05) is 22.9 Å². The largest absolute Gasteiger partial charge is 0.309 e. The number of amides is 1. The number of fused-ring (bicyclic) bond motifs is 1. The van der Waals surface area contributed by atoms with Crippen molar-refractivity contribution in [2.24, 2.45) is 7.05 Å². The second kappa shape index (κ2) is 8.81. The Morgan fingerprint density at radius 1 is 1.27 bits per heavy atom. The van der Waals surface area contributed by atoms with E-state index >= 15 is 0 Å². The Labute approximate surface area is 167 Å². The van der Waals surface area contributed by atoms with Gasteiger partial charge in [0.2, 0.25) is 0 Å². The van der Waals surface area contributed by atoms with E-state index in [1.165, 1.54) is 11.3 Å². The summed E-state index contributed by atoms with van der Waals surface area (Å²) in [5, 5.41) is 5.45. The van der Waals surface area contributed by atoms with Crippen LogP contribution in [0.4, 0.5) is 5.13 Å². The third-order valence-electron chi connectivity index (χ3n) is 3.84. The molecule has 0 N–H and O–H groups in total. The molecule has 3 aromatic rings. The number of halogens is 2. The summed E-state index contributed by atoms with van der Waals surface area (Å²) in [4.78, 5) is 21.5. The van der Waals surface area contributed by atoms with Crippen LogP contribution < -0.4 is 4.90 Å². The zero-order valence-corrected chi connectivity index (χ0v) is 17.2. The number of benzene rings is 1. The summed E-state index contributed by atoms with van der Waals surface area (Å²) < 4.78 is 2.56. The van der Waals surface area contributed by atoms with Gasteiger partial charge in [0.25, 0.3) is 5.91 Å². The quantitative estimate of drug-likeness (QED) is 0.617. The van der Waals surface area contributed by atoms with Crippen LogP contribution in [0.2, 0.25) is 5.02 Å². The molecular formula is C17H21Cl2N5OS. The van der Waals surface area contributed by atoms with Crippen molar-refractivity contribution in [2.45, 2.75) is 6.42 Å². The van der Waals surface area contributed by atoms with Crippen LogP contribution in [-0.4, -0.2) is 52.8 Å². The van der Waals surface area contributed by atoms with Crippen molar-refractivity contribution in [1.82, 2.24) is 19.7 Å². The average molecular weight is 414 g/mol. The summed E-state index contributed by atoms with van der Waals surface area (Å²) in [7, 11) is 5.81. The molecule has 1 amide bonds. The molecule has 0 atom stereocenters. The van der Waals surface area contributed by atoms with Crippen LogP contribution >= 0.6 is 35.3 Å². The zero-order chi connectivity index (χ0) is 18.0. The van der Waals surface area contributed by atoms with E-state index in [2.05, 4.69) is 15.0 Å². The normalized spacial score (nSPS) is 11.0. The molecule has 0 saturated carbocycles. The predicted molar refractivity (Wildman–Crippen MR) is 110 cm³/mol. The maximum absolute atomic E-state index is 13.0. The molecule has 26 heavy (non-hydrogen) atoms. The van der Waals surface area contributed by atoms with Gasteiger partial charge < -0.3 is 4.90 Å². The van der Waals surface area contributed by atoms with E-state index in [9.17, 15) is 4.79 Å². The van der Waals surface area contributed by atoms with Crippen molar-refractivity contribution in [2.75, 3.05) is 32.1 Å². The first-order valence-corrected chi connectivity index (χ1v) is 9.16. The van der Waals surface area contributed by atoms with E-state index in [0.717, 1.165) is 23.2 Å². The summed E-state index contributed by atoms with van der Waals surface area (Å²) in [5.74, 6) is -0.0936. The van der Waals surface area contributed by atoms with Crippen LogP contribution in [0.1, 0.15) is 16.9 Å². The lowest BCUT2D eigenvalue weighted by molar-refractivity contribution is 0.0977. The van der Waals surface area contributed by atoms with Crippen LogP contribution in [0.15, 0.2) is 30.5 Å².